The highest BCUT2D eigenvalue weighted by Crippen LogP contribution is 2.29. The third-order valence-corrected chi connectivity index (χ3v) is 6.98. The Kier molecular flexibility index (Phi) is 9.27. The molecule has 0 atom stereocenters. The summed E-state index contributed by atoms with van der Waals surface area (Å²) in [4.78, 5) is 53.5. The topological polar surface area (TPSA) is 167 Å². The minimum absolute atomic E-state index is 0.0540. The summed E-state index contributed by atoms with van der Waals surface area (Å²) in [6.45, 7) is 8.40. The third kappa shape index (κ3) is 7.73. The fourth-order valence-corrected chi connectivity index (χ4v) is 4.91. The Balaban J connectivity index is 1.42. The smallest absolute Gasteiger partial charge is 0.410 e. The number of carbonyl (C=O) groups excluding carboxylic acids is 3. The van der Waals surface area contributed by atoms with Gasteiger partial charge in [0, 0.05) is 50.1 Å². The quantitative estimate of drug-likeness (QED) is 0.318. The minimum Gasteiger partial charge on any atom is -0.444 e. The van der Waals surface area contributed by atoms with Gasteiger partial charge in [0.05, 0.1) is 11.4 Å². The van der Waals surface area contributed by atoms with Crippen LogP contribution in [0.25, 0.3) is 11.3 Å². The molecule has 13 heteroatoms. The van der Waals surface area contributed by atoms with Crippen LogP contribution in [0.2, 0.25) is 0 Å². The Bertz CT molecular complexity index is 1520. The second-order valence-corrected chi connectivity index (χ2v) is 11.5. The molecular formula is C29H32N8O4S. The van der Waals surface area contributed by atoms with Crippen LogP contribution in [-0.4, -0.2) is 74.4 Å². The lowest BCUT2D eigenvalue weighted by Crippen LogP contribution is -2.51. The van der Waals surface area contributed by atoms with E-state index < -0.39 is 5.60 Å². The van der Waals surface area contributed by atoms with Gasteiger partial charge in [-0.25, -0.2) is 19.7 Å². The van der Waals surface area contributed by atoms with Crippen LogP contribution < -0.4 is 11.1 Å². The summed E-state index contributed by atoms with van der Waals surface area (Å²) in [5.41, 5.74) is 8.27. The number of piperazine rings is 1. The number of benzene rings is 1. The first-order chi connectivity index (χ1) is 19.9. The molecule has 218 valence electrons. The second-order valence-electron chi connectivity index (χ2n) is 10.5. The number of nitrogens with one attached hydrogen (secondary N) is 1. The molecule has 0 unspecified atom stereocenters. The Labute approximate surface area is 248 Å². The number of nitrogen functional groups attached to an aromatic ring is 1. The van der Waals surface area contributed by atoms with E-state index in [1.165, 1.54) is 18.7 Å². The van der Waals surface area contributed by atoms with Gasteiger partial charge in [0.25, 0.3) is 5.91 Å². The minimum atomic E-state index is -0.581. The molecule has 3 amide bonds. The van der Waals surface area contributed by atoms with E-state index in [1.54, 1.807) is 52.3 Å². The number of rotatable bonds is 6. The van der Waals surface area contributed by atoms with Gasteiger partial charge < -0.3 is 25.6 Å². The van der Waals surface area contributed by atoms with E-state index in [4.69, 9.17) is 10.5 Å². The highest BCUT2D eigenvalue weighted by Gasteiger charge is 2.28. The number of anilines is 2. The number of hydrogen-bond donors (Lipinski definition) is 2. The van der Waals surface area contributed by atoms with Crippen molar-refractivity contribution in [1.29, 1.82) is 5.26 Å². The molecule has 0 saturated carbocycles. The van der Waals surface area contributed by atoms with E-state index in [0.717, 1.165) is 0 Å². The summed E-state index contributed by atoms with van der Waals surface area (Å²) < 4.78 is 5.43. The lowest BCUT2D eigenvalue weighted by atomic mass is 10.1. The van der Waals surface area contributed by atoms with Gasteiger partial charge in [-0.2, -0.15) is 5.26 Å². The average Bonchev–Trinajstić information content (AvgIpc) is 2.95. The molecule has 0 spiro atoms. The number of nitriles is 1. The summed E-state index contributed by atoms with van der Waals surface area (Å²) in [5.74, 6) is 0.0123. The van der Waals surface area contributed by atoms with Gasteiger partial charge in [0.15, 0.2) is 5.16 Å². The molecule has 1 saturated heterocycles. The zero-order valence-electron chi connectivity index (χ0n) is 23.9. The van der Waals surface area contributed by atoms with Gasteiger partial charge in [0.1, 0.15) is 28.7 Å². The standard InChI is InChI=1S/C29H32N8O4S/c1-18(38)32-20-10-8-19(9-11-20)24-22(16-30)25(31)35-27(34-24)42-17-21-6-5-7-23(33-21)26(39)36-12-14-37(15-13-36)28(40)41-29(2,3)4/h5-11H,12-15,17H2,1-4H3,(H,32,38)(H2,31,34,35). The van der Waals surface area contributed by atoms with E-state index in [1.807, 2.05) is 20.8 Å². The van der Waals surface area contributed by atoms with Crippen molar-refractivity contribution in [3.63, 3.8) is 0 Å². The van der Waals surface area contributed by atoms with Crippen LogP contribution in [0.1, 0.15) is 49.4 Å². The lowest BCUT2D eigenvalue weighted by molar-refractivity contribution is -0.114. The number of carbonyl (C=O) groups is 3. The highest BCUT2D eigenvalue weighted by atomic mass is 32.2. The van der Waals surface area contributed by atoms with Gasteiger partial charge in [0.2, 0.25) is 5.91 Å². The van der Waals surface area contributed by atoms with Crippen LogP contribution in [-0.2, 0) is 15.3 Å². The van der Waals surface area contributed by atoms with Gasteiger partial charge in [-0.05, 0) is 45.0 Å². The first-order valence-corrected chi connectivity index (χ1v) is 14.2. The van der Waals surface area contributed by atoms with Crippen LogP contribution >= 0.6 is 11.8 Å². The normalized spacial score (nSPS) is 13.3. The van der Waals surface area contributed by atoms with Crippen molar-refractivity contribution < 1.29 is 19.1 Å². The fourth-order valence-electron chi connectivity index (χ4n) is 4.15. The second kappa shape index (κ2) is 12.9. The Morgan fingerprint density at radius 3 is 2.31 bits per heavy atom. The molecule has 0 radical (unpaired) electrons. The van der Waals surface area contributed by atoms with Crippen molar-refractivity contribution in [2.24, 2.45) is 0 Å². The number of hydrogen-bond acceptors (Lipinski definition) is 10. The number of amides is 3. The maximum absolute atomic E-state index is 13.2. The maximum atomic E-state index is 13.2. The van der Waals surface area contributed by atoms with E-state index >= 15 is 0 Å². The van der Waals surface area contributed by atoms with E-state index in [9.17, 15) is 19.6 Å². The Morgan fingerprint density at radius 1 is 1.02 bits per heavy atom. The van der Waals surface area contributed by atoms with Crippen LogP contribution in [0.5, 0.6) is 0 Å². The molecular weight excluding hydrogens is 556 g/mol. The third-order valence-electron chi connectivity index (χ3n) is 6.10. The molecule has 12 nitrogen and oxygen atoms in total. The predicted octanol–water partition coefficient (Wildman–Crippen LogP) is 3.94. The molecule has 1 aromatic carbocycles. The molecule has 1 fully saturated rings. The molecule has 2 aromatic heterocycles. The number of pyridine rings is 1. The zero-order chi connectivity index (χ0) is 30.4. The summed E-state index contributed by atoms with van der Waals surface area (Å²) in [5, 5.41) is 12.7. The van der Waals surface area contributed by atoms with Crippen LogP contribution in [0, 0.1) is 11.3 Å². The lowest BCUT2D eigenvalue weighted by Gasteiger charge is -2.35. The van der Waals surface area contributed by atoms with Crippen LogP contribution in [0.3, 0.4) is 0 Å². The van der Waals surface area contributed by atoms with Crippen molar-refractivity contribution in [3.8, 4) is 17.3 Å². The fraction of sp³-hybridized carbons (Fsp3) is 0.345. The van der Waals surface area contributed by atoms with E-state index in [0.29, 0.717) is 65.4 Å². The summed E-state index contributed by atoms with van der Waals surface area (Å²) in [6.07, 6.45) is -0.387. The van der Waals surface area contributed by atoms with E-state index in [2.05, 4.69) is 26.3 Å². The van der Waals surface area contributed by atoms with Crippen molar-refractivity contribution in [2.75, 3.05) is 37.2 Å². The Morgan fingerprint density at radius 2 is 1.69 bits per heavy atom. The summed E-state index contributed by atoms with van der Waals surface area (Å²) in [6, 6.07) is 14.2. The van der Waals surface area contributed by atoms with E-state index in [-0.39, 0.29) is 29.3 Å². The molecule has 4 rings (SSSR count). The van der Waals surface area contributed by atoms with Gasteiger partial charge >= 0.3 is 6.09 Å². The number of nitrogens with zero attached hydrogens (tertiary/aromatic N) is 6. The molecule has 1 aliphatic rings. The maximum Gasteiger partial charge on any atom is 0.410 e. The monoisotopic (exact) mass is 588 g/mol. The average molecular weight is 589 g/mol. The molecule has 0 aliphatic carbocycles. The van der Waals surface area contributed by atoms with Gasteiger partial charge in [-0.1, -0.05) is 30.0 Å². The first kappa shape index (κ1) is 30.3. The van der Waals surface area contributed by atoms with Crippen molar-refractivity contribution in [2.45, 2.75) is 44.2 Å². The molecule has 1 aliphatic heterocycles. The molecule has 0 bridgehead atoms. The van der Waals surface area contributed by atoms with Crippen molar-refractivity contribution in [1.82, 2.24) is 24.8 Å². The number of aromatic nitrogens is 3. The van der Waals surface area contributed by atoms with Crippen LogP contribution in [0.15, 0.2) is 47.6 Å². The molecule has 3 heterocycles. The highest BCUT2D eigenvalue weighted by molar-refractivity contribution is 7.98. The van der Waals surface area contributed by atoms with Crippen molar-refractivity contribution in [3.05, 3.63) is 59.4 Å². The van der Waals surface area contributed by atoms with Crippen molar-refractivity contribution >= 4 is 41.2 Å². The number of ether oxygens (including phenoxy) is 1. The molecule has 42 heavy (non-hydrogen) atoms. The van der Waals surface area contributed by atoms with Gasteiger partial charge in [-0.3, -0.25) is 9.59 Å². The van der Waals surface area contributed by atoms with Crippen LogP contribution in [0.4, 0.5) is 16.3 Å². The SMILES string of the molecule is CC(=O)Nc1ccc(-c2nc(SCc3cccc(C(=O)N4CCN(C(=O)OC(C)(C)C)CC4)n3)nc(N)c2C#N)cc1. The zero-order valence-corrected chi connectivity index (χ0v) is 24.7. The number of thioether (sulfide) groups is 1. The first-order valence-electron chi connectivity index (χ1n) is 13.2. The Hall–Kier alpha value is -4.70. The summed E-state index contributed by atoms with van der Waals surface area (Å²) in [7, 11) is 0. The largest absolute Gasteiger partial charge is 0.444 e. The van der Waals surface area contributed by atoms with Gasteiger partial charge in [-0.15, -0.1) is 0 Å². The predicted molar refractivity (Wildman–Crippen MR) is 158 cm³/mol. The summed E-state index contributed by atoms with van der Waals surface area (Å²) >= 11 is 1.28. The molecule has 3 aromatic rings. The molecule has 3 N–H and O–H groups in total. The number of nitrogens with two attached hydrogens (primary N) is 1.